The zero-order valence-corrected chi connectivity index (χ0v) is 17.1. The molecule has 1 amide bonds. The number of anilines is 4. The molecule has 1 fully saturated rings. The lowest BCUT2D eigenvalue weighted by molar-refractivity contribution is -0.114. The van der Waals surface area contributed by atoms with E-state index in [1.807, 2.05) is 30.3 Å². The van der Waals surface area contributed by atoms with Gasteiger partial charge in [-0.1, -0.05) is 24.3 Å². The summed E-state index contributed by atoms with van der Waals surface area (Å²) in [6, 6.07) is 14.5. The second-order valence-corrected chi connectivity index (χ2v) is 7.20. The topological polar surface area (TPSA) is 92.3 Å². The molecule has 0 spiro atoms. The highest BCUT2D eigenvalue weighted by atomic mass is 19.1. The standard InChI is InChI=1S/C22H23FN6O2/c1-15(30)26-18-8-5-9-19(20(18)23)27-21-24-14-25-22(28-21)29-12-10-17(11-13-29)31-16-6-3-2-4-7-16/h2-9,14,17H,10-13H2,1H3,(H,26,30)(H,24,25,27,28). The summed E-state index contributed by atoms with van der Waals surface area (Å²) >= 11 is 0. The van der Waals surface area contributed by atoms with Crippen LogP contribution in [-0.2, 0) is 4.79 Å². The zero-order chi connectivity index (χ0) is 21.6. The van der Waals surface area contributed by atoms with Gasteiger partial charge in [0.15, 0.2) is 5.82 Å². The van der Waals surface area contributed by atoms with Gasteiger partial charge in [-0.05, 0) is 24.3 Å². The van der Waals surface area contributed by atoms with Gasteiger partial charge in [0.1, 0.15) is 18.2 Å². The van der Waals surface area contributed by atoms with E-state index < -0.39 is 5.82 Å². The molecule has 0 unspecified atom stereocenters. The van der Waals surface area contributed by atoms with E-state index in [4.69, 9.17) is 4.74 Å². The van der Waals surface area contributed by atoms with Crippen LogP contribution in [0.25, 0.3) is 0 Å². The molecule has 2 N–H and O–H groups in total. The van der Waals surface area contributed by atoms with Crippen molar-refractivity contribution in [3.05, 3.63) is 60.7 Å². The molecule has 3 aromatic rings. The van der Waals surface area contributed by atoms with Gasteiger partial charge in [-0.15, -0.1) is 0 Å². The second kappa shape index (κ2) is 9.38. The number of hydrogen-bond donors (Lipinski definition) is 2. The van der Waals surface area contributed by atoms with Crippen LogP contribution in [0.1, 0.15) is 19.8 Å². The molecular formula is C22H23FN6O2. The summed E-state index contributed by atoms with van der Waals surface area (Å²) in [4.78, 5) is 26.1. The molecule has 8 nitrogen and oxygen atoms in total. The Morgan fingerprint density at radius 3 is 2.55 bits per heavy atom. The molecule has 1 aromatic heterocycles. The maximum absolute atomic E-state index is 14.6. The van der Waals surface area contributed by atoms with Crippen molar-refractivity contribution < 1.29 is 13.9 Å². The van der Waals surface area contributed by atoms with Gasteiger partial charge in [0, 0.05) is 32.9 Å². The van der Waals surface area contributed by atoms with E-state index in [0.717, 1.165) is 31.7 Å². The zero-order valence-electron chi connectivity index (χ0n) is 17.1. The first-order chi connectivity index (χ1) is 15.1. The Bertz CT molecular complexity index is 1040. The van der Waals surface area contributed by atoms with Crippen LogP contribution < -0.4 is 20.3 Å². The van der Waals surface area contributed by atoms with E-state index >= 15 is 0 Å². The molecule has 160 valence electrons. The van der Waals surface area contributed by atoms with Gasteiger partial charge >= 0.3 is 0 Å². The molecule has 0 saturated carbocycles. The van der Waals surface area contributed by atoms with Crippen LogP contribution in [0.4, 0.5) is 27.7 Å². The Kier molecular flexibility index (Phi) is 6.21. The van der Waals surface area contributed by atoms with Crippen LogP contribution >= 0.6 is 0 Å². The molecule has 0 aliphatic carbocycles. The predicted molar refractivity (Wildman–Crippen MR) is 116 cm³/mol. The number of ether oxygens (including phenoxy) is 1. The van der Waals surface area contributed by atoms with Crippen LogP contribution in [-0.4, -0.2) is 40.1 Å². The monoisotopic (exact) mass is 422 g/mol. The normalized spacial score (nSPS) is 14.2. The van der Waals surface area contributed by atoms with Crippen LogP contribution in [0.5, 0.6) is 5.75 Å². The Labute approximate surface area is 179 Å². The van der Waals surface area contributed by atoms with Crippen molar-refractivity contribution in [1.82, 2.24) is 15.0 Å². The number of piperidine rings is 1. The molecule has 2 aromatic carbocycles. The molecule has 1 aliphatic heterocycles. The van der Waals surface area contributed by atoms with E-state index in [1.165, 1.54) is 19.3 Å². The number of hydrogen-bond acceptors (Lipinski definition) is 7. The molecule has 0 bridgehead atoms. The summed E-state index contributed by atoms with van der Waals surface area (Å²) in [6.45, 7) is 2.81. The van der Waals surface area contributed by atoms with Crippen molar-refractivity contribution in [1.29, 1.82) is 0 Å². The van der Waals surface area contributed by atoms with E-state index in [-0.39, 0.29) is 29.3 Å². The third-order valence-electron chi connectivity index (χ3n) is 4.89. The fourth-order valence-corrected chi connectivity index (χ4v) is 3.40. The minimum atomic E-state index is -0.585. The number of benzene rings is 2. The van der Waals surface area contributed by atoms with Gasteiger partial charge in [0.2, 0.25) is 17.8 Å². The maximum Gasteiger partial charge on any atom is 0.232 e. The smallest absolute Gasteiger partial charge is 0.232 e. The summed E-state index contributed by atoms with van der Waals surface area (Å²) in [5.74, 6) is 0.688. The molecule has 2 heterocycles. The van der Waals surface area contributed by atoms with Gasteiger partial charge < -0.3 is 20.3 Å². The minimum Gasteiger partial charge on any atom is -0.490 e. The third kappa shape index (κ3) is 5.25. The summed E-state index contributed by atoms with van der Waals surface area (Å²) in [5, 5.41) is 5.32. The molecule has 4 rings (SSSR count). The Morgan fingerprint density at radius 2 is 1.81 bits per heavy atom. The Balaban J connectivity index is 1.40. The van der Waals surface area contributed by atoms with Gasteiger partial charge in [-0.2, -0.15) is 4.98 Å². The van der Waals surface area contributed by atoms with Crippen molar-refractivity contribution in [3.63, 3.8) is 0 Å². The van der Waals surface area contributed by atoms with E-state index in [1.54, 1.807) is 12.1 Å². The number of amides is 1. The third-order valence-corrected chi connectivity index (χ3v) is 4.89. The van der Waals surface area contributed by atoms with Crippen molar-refractivity contribution in [2.45, 2.75) is 25.9 Å². The number of halogens is 1. The van der Waals surface area contributed by atoms with Crippen molar-refractivity contribution in [2.75, 3.05) is 28.6 Å². The Morgan fingerprint density at radius 1 is 1.06 bits per heavy atom. The average molecular weight is 422 g/mol. The summed E-state index contributed by atoms with van der Waals surface area (Å²) < 4.78 is 20.7. The Hall–Kier alpha value is -3.75. The molecule has 0 radical (unpaired) electrons. The van der Waals surface area contributed by atoms with Crippen LogP contribution in [0.3, 0.4) is 0 Å². The number of carbonyl (C=O) groups is 1. The molecule has 9 heteroatoms. The number of aromatic nitrogens is 3. The van der Waals surface area contributed by atoms with Crippen LogP contribution in [0.15, 0.2) is 54.9 Å². The van der Waals surface area contributed by atoms with Gasteiger partial charge in [-0.3, -0.25) is 4.79 Å². The number of rotatable bonds is 6. The second-order valence-electron chi connectivity index (χ2n) is 7.20. The fraction of sp³-hybridized carbons (Fsp3) is 0.273. The molecule has 0 atom stereocenters. The van der Waals surface area contributed by atoms with Crippen LogP contribution in [0, 0.1) is 5.82 Å². The number of para-hydroxylation sites is 1. The highest BCUT2D eigenvalue weighted by Crippen LogP contribution is 2.25. The quantitative estimate of drug-likeness (QED) is 0.625. The first-order valence-electron chi connectivity index (χ1n) is 10.1. The molecule has 1 aliphatic rings. The van der Waals surface area contributed by atoms with E-state index in [9.17, 15) is 9.18 Å². The van der Waals surface area contributed by atoms with E-state index in [2.05, 4.69) is 30.5 Å². The lowest BCUT2D eigenvalue weighted by atomic mass is 10.1. The van der Waals surface area contributed by atoms with Crippen molar-refractivity contribution >= 4 is 29.2 Å². The first-order valence-corrected chi connectivity index (χ1v) is 10.1. The maximum atomic E-state index is 14.6. The number of carbonyl (C=O) groups excluding carboxylic acids is 1. The molecule has 31 heavy (non-hydrogen) atoms. The minimum absolute atomic E-state index is 0.0901. The number of nitrogens with zero attached hydrogens (tertiary/aromatic N) is 4. The van der Waals surface area contributed by atoms with Gasteiger partial charge in [0.05, 0.1) is 11.4 Å². The lowest BCUT2D eigenvalue weighted by Gasteiger charge is -2.32. The fourth-order valence-electron chi connectivity index (χ4n) is 3.40. The van der Waals surface area contributed by atoms with E-state index in [0.29, 0.717) is 5.95 Å². The predicted octanol–water partition coefficient (Wildman–Crippen LogP) is 3.76. The van der Waals surface area contributed by atoms with Gasteiger partial charge in [-0.25, -0.2) is 14.4 Å². The van der Waals surface area contributed by atoms with Gasteiger partial charge in [0.25, 0.3) is 0 Å². The summed E-state index contributed by atoms with van der Waals surface area (Å²) in [7, 11) is 0. The summed E-state index contributed by atoms with van der Waals surface area (Å²) in [6.07, 6.45) is 3.23. The largest absolute Gasteiger partial charge is 0.490 e. The highest BCUT2D eigenvalue weighted by molar-refractivity contribution is 5.89. The highest BCUT2D eigenvalue weighted by Gasteiger charge is 2.23. The first kappa shape index (κ1) is 20.5. The molecular weight excluding hydrogens is 399 g/mol. The lowest BCUT2D eigenvalue weighted by Crippen LogP contribution is -2.39. The summed E-state index contributed by atoms with van der Waals surface area (Å²) in [5.41, 5.74) is 0.255. The van der Waals surface area contributed by atoms with Crippen molar-refractivity contribution in [3.8, 4) is 5.75 Å². The van der Waals surface area contributed by atoms with Crippen LogP contribution in [0.2, 0.25) is 0 Å². The number of nitrogens with one attached hydrogen (secondary N) is 2. The SMILES string of the molecule is CC(=O)Nc1cccc(Nc2ncnc(N3CCC(Oc4ccccc4)CC3)n2)c1F. The average Bonchev–Trinajstić information content (AvgIpc) is 2.78. The molecule has 1 saturated heterocycles. The van der Waals surface area contributed by atoms with Crippen molar-refractivity contribution in [2.24, 2.45) is 0 Å².